The Kier molecular flexibility index (Phi) is 6.07. The molecule has 1 aliphatic carbocycles. The van der Waals surface area contributed by atoms with Gasteiger partial charge in [0.2, 0.25) is 5.91 Å². The van der Waals surface area contributed by atoms with Gasteiger partial charge in [-0.3, -0.25) is 9.59 Å². The lowest BCUT2D eigenvalue weighted by Gasteiger charge is -2.23. The van der Waals surface area contributed by atoms with Crippen molar-refractivity contribution in [2.24, 2.45) is 5.92 Å². The van der Waals surface area contributed by atoms with Crippen molar-refractivity contribution < 1.29 is 14.7 Å². The molecule has 0 heterocycles. The second kappa shape index (κ2) is 8.03. The molecule has 22 heavy (non-hydrogen) atoms. The summed E-state index contributed by atoms with van der Waals surface area (Å²) in [6.07, 6.45) is 8.45. The lowest BCUT2D eigenvalue weighted by Crippen LogP contribution is -2.35. The summed E-state index contributed by atoms with van der Waals surface area (Å²) in [5.41, 5.74) is 0.833. The van der Waals surface area contributed by atoms with Gasteiger partial charge in [0.15, 0.2) is 0 Å². The Hall–Kier alpha value is -1.75. The molecule has 5 heteroatoms. The van der Waals surface area contributed by atoms with E-state index in [-0.39, 0.29) is 18.2 Å². The highest BCUT2D eigenvalue weighted by Gasteiger charge is 2.23. The average Bonchev–Trinajstić information content (AvgIpc) is 2.54. The number of carboxylic acid groups (broad SMARTS) is 1. The van der Waals surface area contributed by atoms with E-state index in [1.807, 2.05) is 36.6 Å². The van der Waals surface area contributed by atoms with Crippen LogP contribution in [0.4, 0.5) is 0 Å². The molecule has 2 atom stereocenters. The van der Waals surface area contributed by atoms with E-state index in [9.17, 15) is 9.59 Å². The van der Waals surface area contributed by atoms with E-state index >= 15 is 0 Å². The molecule has 0 unspecified atom stereocenters. The van der Waals surface area contributed by atoms with Gasteiger partial charge >= 0.3 is 5.97 Å². The standard InChI is InChI=1S/C17H21NO3S/c1-22-14-9-7-12(8-10-14)15(11-16(19)20)18-17(21)13-5-3-2-4-6-13/h2-3,7-10,13,15H,4-6,11H2,1H3,(H,18,21)(H,19,20)/t13-,15+/m1/s1. The molecule has 2 N–H and O–H groups in total. The van der Waals surface area contributed by atoms with E-state index < -0.39 is 12.0 Å². The van der Waals surface area contributed by atoms with Crippen LogP contribution in [-0.4, -0.2) is 23.2 Å². The molecule has 0 saturated carbocycles. The maximum Gasteiger partial charge on any atom is 0.305 e. The summed E-state index contributed by atoms with van der Waals surface area (Å²) in [6.45, 7) is 0. The summed E-state index contributed by atoms with van der Waals surface area (Å²) in [4.78, 5) is 24.6. The largest absolute Gasteiger partial charge is 0.481 e. The Balaban J connectivity index is 2.09. The van der Waals surface area contributed by atoms with E-state index in [1.54, 1.807) is 11.8 Å². The zero-order chi connectivity index (χ0) is 15.9. The molecule has 0 radical (unpaired) electrons. The molecular formula is C17H21NO3S. The number of rotatable bonds is 6. The van der Waals surface area contributed by atoms with Crippen LogP contribution >= 0.6 is 11.8 Å². The highest BCUT2D eigenvalue weighted by molar-refractivity contribution is 7.98. The molecule has 0 saturated heterocycles. The molecule has 0 spiro atoms. The number of hydrogen-bond donors (Lipinski definition) is 2. The van der Waals surface area contributed by atoms with Crippen LogP contribution in [0.1, 0.15) is 37.3 Å². The van der Waals surface area contributed by atoms with Crippen LogP contribution < -0.4 is 5.32 Å². The van der Waals surface area contributed by atoms with Crippen molar-refractivity contribution in [3.05, 3.63) is 42.0 Å². The number of carboxylic acids is 1. The van der Waals surface area contributed by atoms with Gasteiger partial charge < -0.3 is 10.4 Å². The quantitative estimate of drug-likeness (QED) is 0.623. The molecule has 0 aliphatic heterocycles. The monoisotopic (exact) mass is 319 g/mol. The fourth-order valence-corrected chi connectivity index (χ4v) is 2.99. The average molecular weight is 319 g/mol. The van der Waals surface area contributed by atoms with Crippen LogP contribution in [-0.2, 0) is 9.59 Å². The first-order valence-corrected chi connectivity index (χ1v) is 8.63. The Morgan fingerprint density at radius 2 is 2.05 bits per heavy atom. The number of amides is 1. The van der Waals surface area contributed by atoms with Gasteiger partial charge in [-0.25, -0.2) is 0 Å². The summed E-state index contributed by atoms with van der Waals surface area (Å²) < 4.78 is 0. The zero-order valence-electron chi connectivity index (χ0n) is 12.6. The van der Waals surface area contributed by atoms with Gasteiger partial charge in [0, 0.05) is 10.8 Å². The Labute approximate surface area is 135 Å². The van der Waals surface area contributed by atoms with Crippen LogP contribution in [0.15, 0.2) is 41.3 Å². The fraction of sp³-hybridized carbons (Fsp3) is 0.412. The van der Waals surface area contributed by atoms with Gasteiger partial charge in [0.25, 0.3) is 0 Å². The molecule has 1 aromatic carbocycles. The SMILES string of the molecule is CSc1ccc([C@H](CC(=O)O)NC(=O)[C@@H]2CC=CCC2)cc1. The second-order valence-corrected chi connectivity index (χ2v) is 6.29. The maximum atomic E-state index is 12.3. The highest BCUT2D eigenvalue weighted by Crippen LogP contribution is 2.24. The number of carbonyl (C=O) groups excluding carboxylic acids is 1. The normalized spacial score (nSPS) is 18.7. The van der Waals surface area contributed by atoms with Crippen molar-refractivity contribution in [1.82, 2.24) is 5.32 Å². The van der Waals surface area contributed by atoms with Gasteiger partial charge in [-0.1, -0.05) is 24.3 Å². The fourth-order valence-electron chi connectivity index (χ4n) is 2.58. The Morgan fingerprint density at radius 3 is 2.59 bits per heavy atom. The van der Waals surface area contributed by atoms with Crippen LogP contribution in [0.5, 0.6) is 0 Å². The van der Waals surface area contributed by atoms with E-state index in [4.69, 9.17) is 5.11 Å². The van der Waals surface area contributed by atoms with E-state index in [0.29, 0.717) is 0 Å². The number of thioether (sulfide) groups is 1. The first kappa shape index (κ1) is 16.6. The number of carbonyl (C=O) groups is 2. The smallest absolute Gasteiger partial charge is 0.305 e. The molecule has 1 aliphatic rings. The van der Waals surface area contributed by atoms with Crippen molar-refractivity contribution in [3.63, 3.8) is 0 Å². The van der Waals surface area contributed by atoms with Crippen LogP contribution in [0.3, 0.4) is 0 Å². The first-order valence-electron chi connectivity index (χ1n) is 7.41. The first-order chi connectivity index (χ1) is 10.6. The lowest BCUT2D eigenvalue weighted by molar-refractivity contribution is -0.138. The van der Waals surface area contributed by atoms with Gasteiger partial charge in [0.05, 0.1) is 12.5 Å². The minimum Gasteiger partial charge on any atom is -0.481 e. The number of benzene rings is 1. The number of hydrogen-bond acceptors (Lipinski definition) is 3. The van der Waals surface area contributed by atoms with E-state index in [1.165, 1.54) is 0 Å². The summed E-state index contributed by atoms with van der Waals surface area (Å²) >= 11 is 1.63. The van der Waals surface area contributed by atoms with Gasteiger partial charge in [-0.15, -0.1) is 11.8 Å². The van der Waals surface area contributed by atoms with Crippen molar-refractivity contribution in [2.45, 2.75) is 36.6 Å². The topological polar surface area (TPSA) is 66.4 Å². The van der Waals surface area contributed by atoms with Crippen molar-refractivity contribution >= 4 is 23.6 Å². The summed E-state index contributed by atoms with van der Waals surface area (Å²) in [7, 11) is 0. The highest BCUT2D eigenvalue weighted by atomic mass is 32.2. The molecule has 4 nitrogen and oxygen atoms in total. The minimum atomic E-state index is -0.914. The predicted octanol–water partition coefficient (Wildman–Crippen LogP) is 3.40. The number of nitrogens with one attached hydrogen (secondary N) is 1. The number of allylic oxidation sites excluding steroid dienone is 2. The maximum absolute atomic E-state index is 12.3. The summed E-state index contributed by atoms with van der Waals surface area (Å²) in [5.74, 6) is -1.01. The van der Waals surface area contributed by atoms with Crippen molar-refractivity contribution in [3.8, 4) is 0 Å². The Morgan fingerprint density at radius 1 is 1.32 bits per heavy atom. The predicted molar refractivity (Wildman–Crippen MR) is 87.8 cm³/mol. The molecule has 118 valence electrons. The third-order valence-corrected chi connectivity index (χ3v) is 4.60. The minimum absolute atomic E-state index is 0.0493. The van der Waals surface area contributed by atoms with E-state index in [0.717, 1.165) is 29.7 Å². The third kappa shape index (κ3) is 4.63. The molecule has 1 aromatic rings. The van der Waals surface area contributed by atoms with Crippen molar-refractivity contribution in [1.29, 1.82) is 0 Å². The van der Waals surface area contributed by atoms with Crippen LogP contribution in [0.25, 0.3) is 0 Å². The van der Waals surface area contributed by atoms with Crippen LogP contribution in [0.2, 0.25) is 0 Å². The molecular weight excluding hydrogens is 298 g/mol. The molecule has 0 bridgehead atoms. The summed E-state index contributed by atoms with van der Waals surface area (Å²) in [5, 5.41) is 12.0. The molecule has 1 amide bonds. The summed E-state index contributed by atoms with van der Waals surface area (Å²) in [6, 6.07) is 7.20. The third-order valence-electron chi connectivity index (χ3n) is 3.85. The van der Waals surface area contributed by atoms with Crippen LogP contribution in [0, 0.1) is 5.92 Å². The van der Waals surface area contributed by atoms with E-state index in [2.05, 4.69) is 11.4 Å². The van der Waals surface area contributed by atoms with Gasteiger partial charge in [-0.2, -0.15) is 0 Å². The molecule has 0 fully saturated rings. The molecule has 2 rings (SSSR count). The van der Waals surface area contributed by atoms with Gasteiger partial charge in [-0.05, 0) is 43.2 Å². The zero-order valence-corrected chi connectivity index (χ0v) is 13.4. The molecule has 0 aromatic heterocycles. The van der Waals surface area contributed by atoms with Gasteiger partial charge in [0.1, 0.15) is 0 Å². The Bertz CT molecular complexity index is 554. The lowest BCUT2D eigenvalue weighted by atomic mass is 9.92. The second-order valence-electron chi connectivity index (χ2n) is 5.41. The number of aliphatic carboxylic acids is 1. The van der Waals surface area contributed by atoms with Crippen molar-refractivity contribution in [2.75, 3.05) is 6.26 Å².